The topological polar surface area (TPSA) is 103 Å². The number of pyridine rings is 1. The van der Waals surface area contributed by atoms with Gasteiger partial charge in [-0.3, -0.25) is 0 Å². The number of aromatic hydroxyl groups is 1. The van der Waals surface area contributed by atoms with E-state index in [1.165, 1.54) is 0 Å². The van der Waals surface area contributed by atoms with E-state index in [0.717, 1.165) is 7.11 Å². The number of alkyl halides is 2. The van der Waals surface area contributed by atoms with E-state index >= 15 is 0 Å². The highest BCUT2D eigenvalue weighted by atomic mass is 19.3. The minimum atomic E-state index is -3.18. The van der Waals surface area contributed by atoms with E-state index in [1.807, 2.05) is 0 Å². The second-order valence-corrected chi connectivity index (χ2v) is 2.82. The molecule has 0 unspecified atom stereocenters. The van der Waals surface area contributed by atoms with Crippen LogP contribution in [-0.4, -0.2) is 28.1 Å². The SMILES string of the molecule is COC(=O)c1nc([N+](=O)[O-])cc(C(F)F)c1O. The van der Waals surface area contributed by atoms with Crippen LogP contribution >= 0.6 is 0 Å². The molecule has 1 rings (SSSR count). The van der Waals surface area contributed by atoms with Crippen molar-refractivity contribution in [2.24, 2.45) is 0 Å². The molecule has 0 spiro atoms. The number of hydrogen-bond acceptors (Lipinski definition) is 6. The Morgan fingerprint density at radius 2 is 2.24 bits per heavy atom. The fourth-order valence-electron chi connectivity index (χ4n) is 1.04. The minimum Gasteiger partial charge on any atom is -0.503 e. The van der Waals surface area contributed by atoms with E-state index < -0.39 is 40.1 Å². The molecule has 1 aromatic heterocycles. The van der Waals surface area contributed by atoms with Crippen molar-refractivity contribution in [3.8, 4) is 5.75 Å². The number of halogens is 2. The van der Waals surface area contributed by atoms with Crippen LogP contribution in [0.2, 0.25) is 0 Å². The molecular formula is C8H6F2N2O5. The van der Waals surface area contributed by atoms with Crippen molar-refractivity contribution in [2.75, 3.05) is 7.11 Å². The first kappa shape index (κ1) is 12.7. The molecule has 1 N–H and O–H groups in total. The van der Waals surface area contributed by atoms with E-state index in [2.05, 4.69) is 9.72 Å². The second kappa shape index (κ2) is 4.68. The molecule has 0 aliphatic heterocycles. The maximum absolute atomic E-state index is 12.5. The molecule has 92 valence electrons. The number of hydrogen-bond donors (Lipinski definition) is 1. The van der Waals surface area contributed by atoms with Gasteiger partial charge in [-0.15, -0.1) is 0 Å². The van der Waals surface area contributed by atoms with E-state index in [-0.39, 0.29) is 0 Å². The van der Waals surface area contributed by atoms with E-state index in [1.54, 1.807) is 0 Å². The average Bonchev–Trinajstić information content (AvgIpc) is 2.27. The van der Waals surface area contributed by atoms with Crippen molar-refractivity contribution >= 4 is 11.8 Å². The maximum atomic E-state index is 12.5. The number of nitro groups is 1. The van der Waals surface area contributed by atoms with Gasteiger partial charge < -0.3 is 20.0 Å². The molecule has 7 nitrogen and oxygen atoms in total. The summed E-state index contributed by atoms with van der Waals surface area (Å²) >= 11 is 0. The number of carbonyl (C=O) groups is 1. The number of ether oxygens (including phenoxy) is 1. The number of carbonyl (C=O) groups excluding carboxylic acids is 1. The zero-order valence-electron chi connectivity index (χ0n) is 8.39. The summed E-state index contributed by atoms with van der Waals surface area (Å²) in [7, 11) is 0.921. The number of methoxy groups -OCH3 is 1. The molecule has 0 bridgehead atoms. The molecule has 9 heteroatoms. The monoisotopic (exact) mass is 248 g/mol. The number of rotatable bonds is 3. The van der Waals surface area contributed by atoms with Gasteiger partial charge in [-0.25, -0.2) is 13.6 Å². The lowest BCUT2D eigenvalue weighted by molar-refractivity contribution is -0.389. The molecular weight excluding hydrogens is 242 g/mol. The van der Waals surface area contributed by atoms with Crippen LogP contribution in [0.25, 0.3) is 0 Å². The first-order chi connectivity index (χ1) is 7.88. The molecule has 0 saturated carbocycles. The fourth-order valence-corrected chi connectivity index (χ4v) is 1.04. The Morgan fingerprint density at radius 1 is 1.65 bits per heavy atom. The molecule has 17 heavy (non-hydrogen) atoms. The van der Waals surface area contributed by atoms with Crippen LogP contribution in [0.1, 0.15) is 22.5 Å². The largest absolute Gasteiger partial charge is 0.503 e. The van der Waals surface area contributed by atoms with E-state index in [0.29, 0.717) is 6.07 Å². The second-order valence-electron chi connectivity index (χ2n) is 2.82. The van der Waals surface area contributed by atoms with Crippen LogP contribution in [0, 0.1) is 10.1 Å². The van der Waals surface area contributed by atoms with Gasteiger partial charge in [0.2, 0.25) is 0 Å². The zero-order valence-corrected chi connectivity index (χ0v) is 8.39. The van der Waals surface area contributed by atoms with Crippen LogP contribution in [-0.2, 0) is 4.74 Å². The van der Waals surface area contributed by atoms with Crippen molar-refractivity contribution < 1.29 is 28.3 Å². The quantitative estimate of drug-likeness (QED) is 0.493. The van der Waals surface area contributed by atoms with Gasteiger partial charge >= 0.3 is 17.5 Å². The number of aromatic nitrogens is 1. The lowest BCUT2D eigenvalue weighted by atomic mass is 10.2. The Kier molecular flexibility index (Phi) is 3.51. The zero-order chi connectivity index (χ0) is 13.2. The summed E-state index contributed by atoms with van der Waals surface area (Å²) in [4.78, 5) is 23.6. The van der Waals surface area contributed by atoms with Crippen molar-refractivity contribution in [1.29, 1.82) is 0 Å². The summed E-state index contributed by atoms with van der Waals surface area (Å²) in [5, 5.41) is 19.7. The van der Waals surface area contributed by atoms with Gasteiger partial charge in [0.1, 0.15) is 0 Å². The summed E-state index contributed by atoms with van der Waals surface area (Å²) in [6.45, 7) is 0. The maximum Gasteiger partial charge on any atom is 0.386 e. The van der Waals surface area contributed by atoms with Crippen LogP contribution in [0.5, 0.6) is 5.75 Å². The Balaban J connectivity index is 3.48. The lowest BCUT2D eigenvalue weighted by Gasteiger charge is -2.04. The third-order valence-electron chi connectivity index (χ3n) is 1.81. The Morgan fingerprint density at radius 3 is 2.65 bits per heavy atom. The molecule has 1 aromatic rings. The molecule has 0 fully saturated rings. The smallest absolute Gasteiger partial charge is 0.386 e. The van der Waals surface area contributed by atoms with Crippen molar-refractivity contribution in [2.45, 2.75) is 6.43 Å². The third-order valence-corrected chi connectivity index (χ3v) is 1.81. The first-order valence-electron chi connectivity index (χ1n) is 4.13. The highest BCUT2D eigenvalue weighted by molar-refractivity contribution is 5.91. The fraction of sp³-hybridized carbons (Fsp3) is 0.250. The summed E-state index contributed by atoms with van der Waals surface area (Å²) in [6.07, 6.45) is -3.18. The standard InChI is InChI=1S/C8H6F2N2O5/c1-17-8(14)5-6(13)3(7(9)10)2-4(11-5)12(15)16/h2,7,13H,1H3. The van der Waals surface area contributed by atoms with Crippen molar-refractivity contribution in [1.82, 2.24) is 4.98 Å². The van der Waals surface area contributed by atoms with Gasteiger partial charge in [0.05, 0.1) is 12.7 Å². The number of nitrogens with zero attached hydrogens (tertiary/aromatic N) is 2. The Hall–Kier alpha value is -2.32. The molecule has 0 aliphatic carbocycles. The van der Waals surface area contributed by atoms with Gasteiger partial charge in [-0.05, 0) is 9.91 Å². The third kappa shape index (κ3) is 2.44. The molecule has 0 aromatic carbocycles. The molecule has 0 amide bonds. The predicted molar refractivity (Wildman–Crippen MR) is 48.9 cm³/mol. The normalized spacial score (nSPS) is 10.4. The minimum absolute atomic E-state index is 0.395. The van der Waals surface area contributed by atoms with Crippen LogP contribution < -0.4 is 0 Å². The molecule has 1 heterocycles. The summed E-state index contributed by atoms with van der Waals surface area (Å²) in [6, 6.07) is 0.395. The lowest BCUT2D eigenvalue weighted by Crippen LogP contribution is -2.08. The van der Waals surface area contributed by atoms with Gasteiger partial charge in [0.25, 0.3) is 6.43 Å². The predicted octanol–water partition coefficient (Wildman–Crippen LogP) is 1.42. The van der Waals surface area contributed by atoms with Gasteiger partial charge in [-0.2, -0.15) is 0 Å². The van der Waals surface area contributed by atoms with Crippen LogP contribution in [0.15, 0.2) is 6.07 Å². The highest BCUT2D eigenvalue weighted by Gasteiger charge is 2.30. The van der Waals surface area contributed by atoms with Gasteiger partial charge in [0, 0.05) is 6.07 Å². The summed E-state index contributed by atoms with van der Waals surface area (Å²) in [5.41, 5.74) is -1.97. The Bertz CT molecular complexity index is 477. The molecule has 0 radical (unpaired) electrons. The van der Waals surface area contributed by atoms with Crippen LogP contribution in [0.3, 0.4) is 0 Å². The van der Waals surface area contributed by atoms with Gasteiger partial charge in [0.15, 0.2) is 5.75 Å². The highest BCUT2D eigenvalue weighted by Crippen LogP contribution is 2.33. The van der Waals surface area contributed by atoms with E-state index in [4.69, 9.17) is 0 Å². The molecule has 0 atom stereocenters. The van der Waals surface area contributed by atoms with E-state index in [9.17, 15) is 28.8 Å². The summed E-state index contributed by atoms with van der Waals surface area (Å²) in [5.74, 6) is -3.34. The van der Waals surface area contributed by atoms with Crippen molar-refractivity contribution in [3.05, 3.63) is 27.4 Å². The van der Waals surface area contributed by atoms with Crippen molar-refractivity contribution in [3.63, 3.8) is 0 Å². The van der Waals surface area contributed by atoms with Crippen LogP contribution in [0.4, 0.5) is 14.6 Å². The summed E-state index contributed by atoms with van der Waals surface area (Å²) < 4.78 is 29.1. The average molecular weight is 248 g/mol. The number of esters is 1. The molecule has 0 saturated heterocycles. The van der Waals surface area contributed by atoms with Gasteiger partial charge in [-0.1, -0.05) is 0 Å². The first-order valence-corrected chi connectivity index (χ1v) is 4.13. The Labute approximate surface area is 92.8 Å². The molecule has 0 aliphatic rings.